The molecule has 4 heteroatoms. The lowest BCUT2D eigenvalue weighted by Gasteiger charge is -2.37. The van der Waals surface area contributed by atoms with Crippen molar-refractivity contribution in [2.24, 2.45) is 0 Å². The van der Waals surface area contributed by atoms with Crippen LogP contribution < -0.4 is 0 Å². The zero-order valence-corrected chi connectivity index (χ0v) is 10.6. The van der Waals surface area contributed by atoms with Crippen molar-refractivity contribution in [2.45, 2.75) is 32.1 Å². The molecule has 1 heterocycles. The molecule has 1 aliphatic rings. The van der Waals surface area contributed by atoms with Crippen molar-refractivity contribution in [3.63, 3.8) is 0 Å². The smallest absolute Gasteiger partial charge is 0.124 e. The highest BCUT2D eigenvalue weighted by molar-refractivity contribution is 5.25. The molecule has 0 bridgehead atoms. The predicted octanol–water partition coefficient (Wildman–Crippen LogP) is 2.50. The lowest BCUT2D eigenvalue weighted by Crippen LogP contribution is -2.46. The average Bonchev–Trinajstić information content (AvgIpc) is 2.31. The maximum atomic E-state index is 12.9. The molecule has 0 amide bonds. The molecule has 0 spiro atoms. The van der Waals surface area contributed by atoms with E-state index in [1.807, 2.05) is 13.8 Å². The van der Waals surface area contributed by atoms with Gasteiger partial charge in [0.25, 0.3) is 0 Å². The number of hydrogen-bond acceptors (Lipinski definition) is 3. The molecule has 0 aliphatic carbocycles. The van der Waals surface area contributed by atoms with E-state index in [9.17, 15) is 9.65 Å². The quantitative estimate of drug-likeness (QED) is 0.806. The van der Waals surface area contributed by atoms with Crippen LogP contribution in [0.4, 0.5) is 4.39 Å². The Bertz CT molecular complexity index is 430. The summed E-state index contributed by atoms with van der Waals surface area (Å²) in [6.07, 6.45) is 0.232. The molecule has 3 nitrogen and oxygen atoms in total. The predicted molar refractivity (Wildman–Crippen MR) is 66.3 cm³/mol. The van der Waals surface area contributed by atoms with Crippen molar-refractivity contribution in [1.29, 1.82) is 5.26 Å². The SMILES string of the molecule is CC1CN(C(C#N)c2ccc(F)cc2)CC(C)O1. The molecule has 1 fully saturated rings. The zero-order chi connectivity index (χ0) is 13.1. The van der Waals surface area contributed by atoms with Crippen LogP contribution in [-0.4, -0.2) is 30.2 Å². The molecule has 2 rings (SSSR count). The molecule has 3 unspecified atom stereocenters. The van der Waals surface area contributed by atoms with Crippen LogP contribution in [0.25, 0.3) is 0 Å². The molecule has 0 aromatic heterocycles. The highest BCUT2D eigenvalue weighted by Gasteiger charge is 2.28. The molecule has 1 aromatic carbocycles. The molecule has 1 aromatic rings. The van der Waals surface area contributed by atoms with E-state index in [-0.39, 0.29) is 24.1 Å². The third-order valence-corrected chi connectivity index (χ3v) is 3.12. The van der Waals surface area contributed by atoms with Gasteiger partial charge in [-0.3, -0.25) is 4.90 Å². The van der Waals surface area contributed by atoms with E-state index in [1.54, 1.807) is 12.1 Å². The molecule has 3 atom stereocenters. The minimum Gasteiger partial charge on any atom is -0.373 e. The van der Waals surface area contributed by atoms with Crippen molar-refractivity contribution in [2.75, 3.05) is 13.1 Å². The van der Waals surface area contributed by atoms with Gasteiger partial charge in [0.15, 0.2) is 0 Å². The van der Waals surface area contributed by atoms with Crippen LogP contribution in [0, 0.1) is 17.1 Å². The summed E-state index contributed by atoms with van der Waals surface area (Å²) >= 11 is 0. The number of halogens is 1. The van der Waals surface area contributed by atoms with Gasteiger partial charge in [-0.15, -0.1) is 0 Å². The molecule has 18 heavy (non-hydrogen) atoms. The fraction of sp³-hybridized carbons (Fsp3) is 0.500. The standard InChI is InChI=1S/C14H17FN2O/c1-10-8-17(9-11(2)18-10)14(7-16)12-3-5-13(15)6-4-12/h3-6,10-11,14H,8-9H2,1-2H3. The van der Waals surface area contributed by atoms with Gasteiger partial charge in [-0.05, 0) is 31.5 Å². The molecule has 0 saturated carbocycles. The highest BCUT2D eigenvalue weighted by atomic mass is 19.1. The Labute approximate surface area is 107 Å². The molecular weight excluding hydrogens is 231 g/mol. The first kappa shape index (κ1) is 13.0. The number of morpholine rings is 1. The first-order valence-electron chi connectivity index (χ1n) is 6.14. The van der Waals surface area contributed by atoms with Gasteiger partial charge in [0.1, 0.15) is 11.9 Å². The van der Waals surface area contributed by atoms with Crippen LogP contribution >= 0.6 is 0 Å². The molecule has 0 N–H and O–H groups in total. The van der Waals surface area contributed by atoms with E-state index in [1.165, 1.54) is 12.1 Å². The van der Waals surface area contributed by atoms with Gasteiger partial charge in [-0.2, -0.15) is 5.26 Å². The second-order valence-electron chi connectivity index (χ2n) is 4.79. The second-order valence-corrected chi connectivity index (χ2v) is 4.79. The van der Waals surface area contributed by atoms with Gasteiger partial charge in [-0.25, -0.2) is 4.39 Å². The topological polar surface area (TPSA) is 36.3 Å². The third-order valence-electron chi connectivity index (χ3n) is 3.12. The fourth-order valence-electron chi connectivity index (χ4n) is 2.44. The Kier molecular flexibility index (Phi) is 3.95. The lowest BCUT2D eigenvalue weighted by atomic mass is 10.0. The lowest BCUT2D eigenvalue weighted by molar-refractivity contribution is -0.0750. The van der Waals surface area contributed by atoms with E-state index in [0.29, 0.717) is 0 Å². The first-order chi connectivity index (χ1) is 8.60. The Hall–Kier alpha value is -1.44. The largest absolute Gasteiger partial charge is 0.373 e. The summed E-state index contributed by atoms with van der Waals surface area (Å²) in [7, 11) is 0. The van der Waals surface area contributed by atoms with Gasteiger partial charge >= 0.3 is 0 Å². The van der Waals surface area contributed by atoms with E-state index < -0.39 is 0 Å². The summed E-state index contributed by atoms with van der Waals surface area (Å²) < 4.78 is 18.6. The van der Waals surface area contributed by atoms with Crippen LogP contribution in [0.2, 0.25) is 0 Å². The van der Waals surface area contributed by atoms with E-state index >= 15 is 0 Å². The summed E-state index contributed by atoms with van der Waals surface area (Å²) in [5, 5.41) is 9.35. The number of ether oxygens (including phenoxy) is 1. The number of nitrogens with zero attached hydrogens (tertiary/aromatic N) is 2. The summed E-state index contributed by atoms with van der Waals surface area (Å²) in [6.45, 7) is 5.45. The highest BCUT2D eigenvalue weighted by Crippen LogP contribution is 2.24. The van der Waals surface area contributed by atoms with Gasteiger partial charge in [-0.1, -0.05) is 12.1 Å². The molecule has 96 valence electrons. The number of nitriles is 1. The number of benzene rings is 1. The van der Waals surface area contributed by atoms with Crippen molar-refractivity contribution >= 4 is 0 Å². The summed E-state index contributed by atoms with van der Waals surface area (Å²) in [5.74, 6) is -0.279. The maximum absolute atomic E-state index is 12.9. The van der Waals surface area contributed by atoms with Gasteiger partial charge in [0.2, 0.25) is 0 Å². The Morgan fingerprint density at radius 3 is 2.33 bits per heavy atom. The van der Waals surface area contributed by atoms with Crippen molar-refractivity contribution in [1.82, 2.24) is 4.90 Å². The number of hydrogen-bond donors (Lipinski definition) is 0. The maximum Gasteiger partial charge on any atom is 0.124 e. The fourth-order valence-corrected chi connectivity index (χ4v) is 2.44. The second kappa shape index (κ2) is 5.47. The van der Waals surface area contributed by atoms with Crippen LogP contribution in [0.15, 0.2) is 24.3 Å². The molecular formula is C14H17FN2O. The normalized spacial score (nSPS) is 26.6. The average molecular weight is 248 g/mol. The summed E-state index contributed by atoms with van der Waals surface area (Å²) in [4.78, 5) is 2.09. The molecule has 1 aliphatic heterocycles. The van der Waals surface area contributed by atoms with Crippen molar-refractivity contribution in [3.8, 4) is 6.07 Å². The Morgan fingerprint density at radius 2 is 1.83 bits per heavy atom. The summed E-state index contributed by atoms with van der Waals surface area (Å²) in [5.41, 5.74) is 0.834. The minimum atomic E-state index is -0.334. The van der Waals surface area contributed by atoms with Crippen molar-refractivity contribution in [3.05, 3.63) is 35.6 Å². The van der Waals surface area contributed by atoms with Gasteiger partial charge < -0.3 is 4.74 Å². The van der Waals surface area contributed by atoms with Crippen LogP contribution in [0.1, 0.15) is 25.5 Å². The Balaban J connectivity index is 2.18. The Morgan fingerprint density at radius 1 is 1.28 bits per heavy atom. The zero-order valence-electron chi connectivity index (χ0n) is 10.6. The monoisotopic (exact) mass is 248 g/mol. The number of rotatable bonds is 2. The van der Waals surface area contributed by atoms with E-state index in [2.05, 4.69) is 11.0 Å². The van der Waals surface area contributed by atoms with Crippen LogP contribution in [0.5, 0.6) is 0 Å². The molecule has 0 radical (unpaired) electrons. The van der Waals surface area contributed by atoms with E-state index in [4.69, 9.17) is 4.74 Å². The van der Waals surface area contributed by atoms with Gasteiger partial charge in [0, 0.05) is 13.1 Å². The first-order valence-corrected chi connectivity index (χ1v) is 6.14. The van der Waals surface area contributed by atoms with Crippen LogP contribution in [0.3, 0.4) is 0 Å². The van der Waals surface area contributed by atoms with Crippen molar-refractivity contribution < 1.29 is 9.13 Å². The van der Waals surface area contributed by atoms with E-state index in [0.717, 1.165) is 18.7 Å². The van der Waals surface area contributed by atoms with Gasteiger partial charge in [0.05, 0.1) is 18.3 Å². The van der Waals surface area contributed by atoms with Crippen LogP contribution in [-0.2, 0) is 4.74 Å². The summed E-state index contributed by atoms with van der Waals surface area (Å²) in [6, 6.07) is 8.10. The minimum absolute atomic E-state index is 0.116. The third kappa shape index (κ3) is 2.87. The molecule has 1 saturated heterocycles.